The Balaban J connectivity index is 2.16. The highest BCUT2D eigenvalue weighted by atomic mass is 32.2. The zero-order valence-electron chi connectivity index (χ0n) is 11.3. The van der Waals surface area contributed by atoms with Gasteiger partial charge in [-0.1, -0.05) is 0 Å². The molecule has 7 heteroatoms. The summed E-state index contributed by atoms with van der Waals surface area (Å²) in [4.78, 5) is 11.6. The molecule has 110 valence electrons. The molecule has 0 aromatic heterocycles. The Kier molecular flexibility index (Phi) is 4.17. The Bertz CT molecular complexity index is 613. The summed E-state index contributed by atoms with van der Waals surface area (Å²) in [5.41, 5.74) is 6.99. The SMILES string of the molecule is COC(=O)c1cc(NC2CCCS(=O)(=O)C2)ccc1N. The third kappa shape index (κ3) is 3.41. The van der Waals surface area contributed by atoms with Gasteiger partial charge in [-0.05, 0) is 31.0 Å². The van der Waals surface area contributed by atoms with Crippen LogP contribution < -0.4 is 11.1 Å². The minimum atomic E-state index is -2.97. The number of benzene rings is 1. The predicted octanol–water partition coefficient (Wildman–Crippen LogP) is 1.04. The third-order valence-corrected chi connectivity index (χ3v) is 5.11. The molecule has 1 aromatic rings. The normalized spacial score (nSPS) is 21.1. The third-order valence-electron chi connectivity index (χ3n) is 3.29. The van der Waals surface area contributed by atoms with Crippen LogP contribution in [0.3, 0.4) is 0 Å². The summed E-state index contributed by atoms with van der Waals surface area (Å²) in [5.74, 6) is -0.145. The number of methoxy groups -OCH3 is 1. The maximum Gasteiger partial charge on any atom is 0.340 e. The van der Waals surface area contributed by atoms with E-state index in [0.29, 0.717) is 17.8 Å². The molecule has 3 N–H and O–H groups in total. The number of nitrogen functional groups attached to an aromatic ring is 1. The second-order valence-electron chi connectivity index (χ2n) is 4.89. The lowest BCUT2D eigenvalue weighted by Crippen LogP contribution is -2.34. The van der Waals surface area contributed by atoms with Gasteiger partial charge in [-0.2, -0.15) is 0 Å². The van der Waals surface area contributed by atoms with Gasteiger partial charge in [-0.3, -0.25) is 0 Å². The Morgan fingerprint density at radius 1 is 1.45 bits per heavy atom. The van der Waals surface area contributed by atoms with Crippen LogP contribution in [0.4, 0.5) is 11.4 Å². The van der Waals surface area contributed by atoms with Crippen molar-refractivity contribution >= 4 is 27.2 Å². The van der Waals surface area contributed by atoms with Crippen LogP contribution in [-0.2, 0) is 14.6 Å². The van der Waals surface area contributed by atoms with E-state index in [1.807, 2.05) is 0 Å². The molecule has 2 rings (SSSR count). The highest BCUT2D eigenvalue weighted by Gasteiger charge is 2.24. The fraction of sp³-hybridized carbons (Fsp3) is 0.462. The molecule has 6 nitrogen and oxygen atoms in total. The van der Waals surface area contributed by atoms with Crippen molar-refractivity contribution in [1.82, 2.24) is 0 Å². The molecule has 1 aliphatic heterocycles. The van der Waals surface area contributed by atoms with Crippen LogP contribution in [0, 0.1) is 0 Å². The van der Waals surface area contributed by atoms with Gasteiger partial charge in [0.15, 0.2) is 9.84 Å². The lowest BCUT2D eigenvalue weighted by atomic mass is 10.1. The number of carbonyl (C=O) groups is 1. The number of hydrogen-bond acceptors (Lipinski definition) is 6. The van der Waals surface area contributed by atoms with Gasteiger partial charge in [0.1, 0.15) is 0 Å². The van der Waals surface area contributed by atoms with Crippen LogP contribution >= 0.6 is 0 Å². The molecular formula is C13H18N2O4S. The van der Waals surface area contributed by atoms with E-state index >= 15 is 0 Å². The predicted molar refractivity (Wildman–Crippen MR) is 77.5 cm³/mol. The first-order chi connectivity index (χ1) is 9.41. The molecule has 0 bridgehead atoms. The molecule has 0 radical (unpaired) electrons. The maximum atomic E-state index is 11.6. The van der Waals surface area contributed by atoms with Crippen LogP contribution in [0.15, 0.2) is 18.2 Å². The fourth-order valence-corrected chi connectivity index (χ4v) is 3.94. The molecule has 20 heavy (non-hydrogen) atoms. The largest absolute Gasteiger partial charge is 0.465 e. The molecule has 1 heterocycles. The monoisotopic (exact) mass is 298 g/mol. The topological polar surface area (TPSA) is 98.5 Å². The number of hydrogen-bond donors (Lipinski definition) is 2. The molecule has 1 atom stereocenters. The summed E-state index contributed by atoms with van der Waals surface area (Å²) in [6.45, 7) is 0. The summed E-state index contributed by atoms with van der Waals surface area (Å²) < 4.78 is 27.8. The first-order valence-corrected chi connectivity index (χ1v) is 8.18. The zero-order chi connectivity index (χ0) is 14.8. The average Bonchev–Trinajstić information content (AvgIpc) is 2.39. The minimum absolute atomic E-state index is 0.116. The van der Waals surface area contributed by atoms with E-state index in [-0.39, 0.29) is 23.1 Å². The summed E-state index contributed by atoms with van der Waals surface area (Å²) in [5, 5.41) is 3.14. The van der Waals surface area contributed by atoms with Crippen LogP contribution in [0.2, 0.25) is 0 Å². The van der Waals surface area contributed by atoms with Crippen LogP contribution in [0.5, 0.6) is 0 Å². The van der Waals surface area contributed by atoms with E-state index in [9.17, 15) is 13.2 Å². The van der Waals surface area contributed by atoms with Crippen molar-refractivity contribution in [3.05, 3.63) is 23.8 Å². The standard InChI is InChI=1S/C13H18N2O4S/c1-19-13(16)11-7-9(4-5-12(11)14)15-10-3-2-6-20(17,18)8-10/h4-5,7,10,15H,2-3,6,8,14H2,1H3. The van der Waals surface area contributed by atoms with Gasteiger partial charge in [0, 0.05) is 17.4 Å². The zero-order valence-corrected chi connectivity index (χ0v) is 12.1. The second-order valence-corrected chi connectivity index (χ2v) is 7.12. The van der Waals surface area contributed by atoms with Crippen LogP contribution in [-0.4, -0.2) is 39.0 Å². The summed E-state index contributed by atoms with van der Waals surface area (Å²) >= 11 is 0. The Morgan fingerprint density at radius 3 is 2.85 bits per heavy atom. The van der Waals surface area contributed by atoms with Crippen molar-refractivity contribution in [2.45, 2.75) is 18.9 Å². The van der Waals surface area contributed by atoms with Gasteiger partial charge in [-0.15, -0.1) is 0 Å². The summed E-state index contributed by atoms with van der Waals surface area (Å²) in [7, 11) is -1.68. The Hall–Kier alpha value is -1.76. The number of sulfone groups is 1. The summed E-state index contributed by atoms with van der Waals surface area (Å²) in [6, 6.07) is 4.78. The van der Waals surface area contributed by atoms with Crippen molar-refractivity contribution < 1.29 is 17.9 Å². The number of ether oxygens (including phenoxy) is 1. The Morgan fingerprint density at radius 2 is 2.20 bits per heavy atom. The van der Waals surface area contributed by atoms with Gasteiger partial charge in [-0.25, -0.2) is 13.2 Å². The van der Waals surface area contributed by atoms with Crippen molar-refractivity contribution in [1.29, 1.82) is 0 Å². The van der Waals surface area contributed by atoms with E-state index in [4.69, 9.17) is 5.73 Å². The number of nitrogens with two attached hydrogens (primary N) is 1. The van der Waals surface area contributed by atoms with E-state index < -0.39 is 15.8 Å². The van der Waals surface area contributed by atoms with Crippen molar-refractivity contribution in [2.75, 3.05) is 29.7 Å². The first kappa shape index (κ1) is 14.6. The van der Waals surface area contributed by atoms with E-state index in [2.05, 4.69) is 10.1 Å². The van der Waals surface area contributed by atoms with Gasteiger partial charge >= 0.3 is 5.97 Å². The smallest absolute Gasteiger partial charge is 0.340 e. The lowest BCUT2D eigenvalue weighted by Gasteiger charge is -2.24. The molecule has 1 aromatic carbocycles. The number of anilines is 2. The molecule has 0 amide bonds. The maximum absolute atomic E-state index is 11.6. The first-order valence-electron chi connectivity index (χ1n) is 6.36. The number of rotatable bonds is 3. The summed E-state index contributed by atoms with van der Waals surface area (Å²) in [6.07, 6.45) is 1.44. The van der Waals surface area contributed by atoms with Gasteiger partial charge in [0.2, 0.25) is 0 Å². The molecule has 0 aliphatic carbocycles. The Labute approximate surface area is 118 Å². The minimum Gasteiger partial charge on any atom is -0.465 e. The number of esters is 1. The molecular weight excluding hydrogens is 280 g/mol. The molecule has 0 saturated carbocycles. The number of carbonyl (C=O) groups excluding carboxylic acids is 1. The van der Waals surface area contributed by atoms with Crippen molar-refractivity contribution in [3.63, 3.8) is 0 Å². The molecule has 1 unspecified atom stereocenters. The van der Waals surface area contributed by atoms with Gasteiger partial charge in [0.25, 0.3) is 0 Å². The van der Waals surface area contributed by atoms with Crippen molar-refractivity contribution in [3.8, 4) is 0 Å². The van der Waals surface area contributed by atoms with Crippen LogP contribution in [0.25, 0.3) is 0 Å². The molecule has 0 spiro atoms. The average molecular weight is 298 g/mol. The molecule has 1 saturated heterocycles. The second kappa shape index (κ2) is 5.70. The van der Waals surface area contributed by atoms with Gasteiger partial charge in [0.05, 0.1) is 24.2 Å². The van der Waals surface area contributed by atoms with E-state index in [1.165, 1.54) is 7.11 Å². The van der Waals surface area contributed by atoms with Crippen molar-refractivity contribution in [2.24, 2.45) is 0 Å². The quantitative estimate of drug-likeness (QED) is 0.639. The lowest BCUT2D eigenvalue weighted by molar-refractivity contribution is 0.0602. The van der Waals surface area contributed by atoms with Crippen LogP contribution in [0.1, 0.15) is 23.2 Å². The highest BCUT2D eigenvalue weighted by molar-refractivity contribution is 7.91. The van der Waals surface area contributed by atoms with Gasteiger partial charge < -0.3 is 15.8 Å². The molecule has 1 fully saturated rings. The highest BCUT2D eigenvalue weighted by Crippen LogP contribution is 2.22. The van der Waals surface area contributed by atoms with E-state index in [0.717, 1.165) is 6.42 Å². The number of nitrogens with one attached hydrogen (secondary N) is 1. The molecule has 1 aliphatic rings. The fourth-order valence-electron chi connectivity index (χ4n) is 2.31. The van der Waals surface area contributed by atoms with E-state index in [1.54, 1.807) is 18.2 Å².